The number of carbonyl (C=O) groups is 2. The van der Waals surface area contributed by atoms with Gasteiger partial charge in [-0.2, -0.15) is 0 Å². The fraction of sp³-hybridized carbons (Fsp3) is 0.818. The second kappa shape index (κ2) is 9.49. The lowest BCUT2D eigenvalue weighted by atomic mass is 10.1. The summed E-state index contributed by atoms with van der Waals surface area (Å²) in [5.41, 5.74) is 0. The molecule has 0 aromatic heterocycles. The normalized spacial score (nSPS) is 9.73. The lowest BCUT2D eigenvalue weighted by Crippen LogP contribution is -2.23. The second-order valence-electron chi connectivity index (χ2n) is 3.54. The summed E-state index contributed by atoms with van der Waals surface area (Å²) in [5, 5.41) is 5.42. The van der Waals surface area contributed by atoms with Crippen LogP contribution in [-0.2, 0) is 9.59 Å². The molecule has 15 heavy (non-hydrogen) atoms. The summed E-state index contributed by atoms with van der Waals surface area (Å²) in [6, 6.07) is 0. The SMILES string of the molecule is CCC(=O)NCCCCCCC(=O)NC. The lowest BCUT2D eigenvalue weighted by Gasteiger charge is -2.03. The Hall–Kier alpha value is -1.06. The minimum Gasteiger partial charge on any atom is -0.359 e. The molecule has 0 atom stereocenters. The molecule has 0 spiro atoms. The number of hydrogen-bond acceptors (Lipinski definition) is 2. The zero-order valence-corrected chi connectivity index (χ0v) is 9.77. The predicted octanol–water partition coefficient (Wildman–Crippen LogP) is 1.21. The van der Waals surface area contributed by atoms with Gasteiger partial charge in [0.15, 0.2) is 0 Å². The van der Waals surface area contributed by atoms with Gasteiger partial charge in [-0.25, -0.2) is 0 Å². The van der Waals surface area contributed by atoms with Crippen LogP contribution in [-0.4, -0.2) is 25.4 Å². The van der Waals surface area contributed by atoms with Crippen LogP contribution in [0.3, 0.4) is 0 Å². The molecular weight excluding hydrogens is 192 g/mol. The van der Waals surface area contributed by atoms with Crippen LogP contribution in [0.5, 0.6) is 0 Å². The van der Waals surface area contributed by atoms with E-state index in [-0.39, 0.29) is 11.8 Å². The monoisotopic (exact) mass is 214 g/mol. The first-order valence-corrected chi connectivity index (χ1v) is 5.68. The van der Waals surface area contributed by atoms with Crippen molar-refractivity contribution in [2.75, 3.05) is 13.6 Å². The van der Waals surface area contributed by atoms with Crippen LogP contribution in [0.2, 0.25) is 0 Å². The first-order chi connectivity index (χ1) is 7.20. The van der Waals surface area contributed by atoms with Gasteiger partial charge in [0.05, 0.1) is 0 Å². The van der Waals surface area contributed by atoms with Crippen LogP contribution in [0.1, 0.15) is 45.4 Å². The highest BCUT2D eigenvalue weighted by atomic mass is 16.2. The molecular formula is C11H22N2O2. The third-order valence-corrected chi connectivity index (χ3v) is 2.25. The Kier molecular flexibility index (Phi) is 8.82. The quantitative estimate of drug-likeness (QED) is 0.597. The summed E-state index contributed by atoms with van der Waals surface area (Å²) in [5.74, 6) is 0.217. The van der Waals surface area contributed by atoms with Crippen molar-refractivity contribution in [3.63, 3.8) is 0 Å². The Morgan fingerprint density at radius 3 is 2.27 bits per heavy atom. The molecule has 2 amide bonds. The lowest BCUT2D eigenvalue weighted by molar-refractivity contribution is -0.121. The van der Waals surface area contributed by atoms with Gasteiger partial charge in [-0.1, -0.05) is 19.8 Å². The van der Waals surface area contributed by atoms with Gasteiger partial charge >= 0.3 is 0 Å². The van der Waals surface area contributed by atoms with Crippen LogP contribution in [0.25, 0.3) is 0 Å². The van der Waals surface area contributed by atoms with E-state index in [1.165, 1.54) is 0 Å². The van der Waals surface area contributed by atoms with Gasteiger partial charge in [0.1, 0.15) is 0 Å². The molecule has 0 aromatic carbocycles. The fourth-order valence-corrected chi connectivity index (χ4v) is 1.24. The molecule has 4 heteroatoms. The molecule has 0 fully saturated rings. The van der Waals surface area contributed by atoms with Gasteiger partial charge in [0.25, 0.3) is 0 Å². The number of rotatable bonds is 8. The summed E-state index contributed by atoms with van der Waals surface area (Å²) in [4.78, 5) is 21.7. The standard InChI is InChI=1S/C11H22N2O2/c1-3-10(14)13-9-7-5-4-6-8-11(15)12-2/h3-9H2,1-2H3,(H,12,15)(H,13,14). The van der Waals surface area contributed by atoms with E-state index in [0.717, 1.165) is 32.2 Å². The maximum atomic E-state index is 10.9. The molecule has 0 bridgehead atoms. The van der Waals surface area contributed by atoms with Crippen molar-refractivity contribution in [1.82, 2.24) is 10.6 Å². The topological polar surface area (TPSA) is 58.2 Å². The Morgan fingerprint density at radius 1 is 1.00 bits per heavy atom. The van der Waals surface area contributed by atoms with Crippen molar-refractivity contribution in [3.8, 4) is 0 Å². The summed E-state index contributed by atoms with van der Waals surface area (Å²) in [7, 11) is 1.66. The molecule has 0 heterocycles. The van der Waals surface area contributed by atoms with Crippen molar-refractivity contribution in [2.45, 2.75) is 45.4 Å². The molecule has 88 valence electrons. The minimum atomic E-state index is 0.106. The molecule has 0 aliphatic heterocycles. The Morgan fingerprint density at radius 2 is 1.67 bits per heavy atom. The van der Waals surface area contributed by atoms with Gasteiger partial charge in [0.2, 0.25) is 11.8 Å². The number of amides is 2. The van der Waals surface area contributed by atoms with E-state index >= 15 is 0 Å². The largest absolute Gasteiger partial charge is 0.359 e. The van der Waals surface area contributed by atoms with E-state index < -0.39 is 0 Å². The third kappa shape index (κ3) is 9.25. The predicted molar refractivity (Wildman–Crippen MR) is 60.5 cm³/mol. The van der Waals surface area contributed by atoms with Crippen LogP contribution >= 0.6 is 0 Å². The van der Waals surface area contributed by atoms with Crippen molar-refractivity contribution in [1.29, 1.82) is 0 Å². The average molecular weight is 214 g/mol. The highest BCUT2D eigenvalue weighted by Gasteiger charge is 1.98. The highest BCUT2D eigenvalue weighted by molar-refractivity contribution is 5.75. The number of carbonyl (C=O) groups excluding carboxylic acids is 2. The summed E-state index contributed by atoms with van der Waals surface area (Å²) >= 11 is 0. The van der Waals surface area contributed by atoms with Crippen molar-refractivity contribution < 1.29 is 9.59 Å². The Bertz CT molecular complexity index is 173. The third-order valence-electron chi connectivity index (χ3n) is 2.25. The zero-order valence-electron chi connectivity index (χ0n) is 9.77. The minimum absolute atomic E-state index is 0.106. The highest BCUT2D eigenvalue weighted by Crippen LogP contribution is 2.02. The van der Waals surface area contributed by atoms with Crippen LogP contribution in [0, 0.1) is 0 Å². The molecule has 0 aromatic rings. The van der Waals surface area contributed by atoms with Crippen LogP contribution in [0.15, 0.2) is 0 Å². The Balaban J connectivity index is 3.11. The zero-order chi connectivity index (χ0) is 11.5. The molecule has 0 radical (unpaired) electrons. The Labute approximate surface area is 91.8 Å². The molecule has 0 aliphatic carbocycles. The maximum absolute atomic E-state index is 10.9. The van der Waals surface area contributed by atoms with E-state index in [9.17, 15) is 9.59 Å². The van der Waals surface area contributed by atoms with E-state index in [1.54, 1.807) is 7.05 Å². The fourth-order valence-electron chi connectivity index (χ4n) is 1.24. The maximum Gasteiger partial charge on any atom is 0.219 e. The van der Waals surface area contributed by atoms with E-state index in [2.05, 4.69) is 10.6 Å². The van der Waals surface area contributed by atoms with Crippen molar-refractivity contribution in [2.24, 2.45) is 0 Å². The number of nitrogens with one attached hydrogen (secondary N) is 2. The number of hydrogen-bond donors (Lipinski definition) is 2. The molecule has 0 unspecified atom stereocenters. The molecule has 2 N–H and O–H groups in total. The van der Waals surface area contributed by atoms with Crippen molar-refractivity contribution >= 4 is 11.8 Å². The molecule has 0 saturated heterocycles. The van der Waals surface area contributed by atoms with E-state index in [1.807, 2.05) is 6.92 Å². The van der Waals surface area contributed by atoms with Gasteiger partial charge in [0, 0.05) is 26.4 Å². The first-order valence-electron chi connectivity index (χ1n) is 5.68. The second-order valence-corrected chi connectivity index (χ2v) is 3.54. The van der Waals surface area contributed by atoms with Crippen LogP contribution in [0.4, 0.5) is 0 Å². The van der Waals surface area contributed by atoms with Crippen molar-refractivity contribution in [3.05, 3.63) is 0 Å². The summed E-state index contributed by atoms with van der Waals surface area (Å²) in [6.45, 7) is 2.60. The number of unbranched alkanes of at least 4 members (excludes halogenated alkanes) is 3. The average Bonchev–Trinajstić information content (AvgIpc) is 2.26. The van der Waals surface area contributed by atoms with Gasteiger partial charge < -0.3 is 10.6 Å². The first kappa shape index (κ1) is 13.9. The summed E-state index contributed by atoms with van der Waals surface area (Å²) < 4.78 is 0. The van der Waals surface area contributed by atoms with Gasteiger partial charge in [-0.3, -0.25) is 9.59 Å². The van der Waals surface area contributed by atoms with E-state index in [4.69, 9.17) is 0 Å². The summed E-state index contributed by atoms with van der Waals surface area (Å²) in [6.07, 6.45) is 5.21. The van der Waals surface area contributed by atoms with Crippen LogP contribution < -0.4 is 10.6 Å². The van der Waals surface area contributed by atoms with Gasteiger partial charge in [-0.05, 0) is 12.8 Å². The molecule has 4 nitrogen and oxygen atoms in total. The molecule has 0 aliphatic rings. The molecule has 0 rings (SSSR count). The molecule has 0 saturated carbocycles. The smallest absolute Gasteiger partial charge is 0.219 e. The van der Waals surface area contributed by atoms with E-state index in [0.29, 0.717) is 12.8 Å². The van der Waals surface area contributed by atoms with Gasteiger partial charge in [-0.15, -0.1) is 0 Å².